The van der Waals surface area contributed by atoms with Crippen molar-refractivity contribution in [3.05, 3.63) is 39.6 Å². The smallest absolute Gasteiger partial charge is 0.355 e. The number of aromatic nitrogens is 1. The lowest BCUT2D eigenvalue weighted by atomic mass is 10.1. The molecule has 0 unspecified atom stereocenters. The number of fused-ring (bicyclic) bond motifs is 1. The van der Waals surface area contributed by atoms with Crippen LogP contribution < -0.4 is 0 Å². The lowest BCUT2D eigenvalue weighted by Gasteiger charge is -2.04. The van der Waals surface area contributed by atoms with E-state index in [0.717, 1.165) is 5.39 Å². The standard InChI is InChI=1S/C10H5BrClNO2/c11-8-5-3-4-13-9(10(14)15)6(5)1-2-7(8)12/h1-4H,(H,14,15). The first-order chi connectivity index (χ1) is 7.11. The van der Waals surface area contributed by atoms with E-state index in [4.69, 9.17) is 16.7 Å². The third-order valence-electron chi connectivity index (χ3n) is 2.04. The van der Waals surface area contributed by atoms with Crippen molar-refractivity contribution in [3.8, 4) is 0 Å². The average molecular weight is 287 g/mol. The predicted molar refractivity (Wildman–Crippen MR) is 61.4 cm³/mol. The van der Waals surface area contributed by atoms with Gasteiger partial charge in [-0.1, -0.05) is 17.7 Å². The molecule has 0 saturated heterocycles. The second-order valence-corrected chi connectivity index (χ2v) is 4.12. The van der Waals surface area contributed by atoms with Crippen molar-refractivity contribution in [1.82, 2.24) is 4.98 Å². The summed E-state index contributed by atoms with van der Waals surface area (Å²) >= 11 is 9.22. The molecule has 2 rings (SSSR count). The maximum absolute atomic E-state index is 10.9. The largest absolute Gasteiger partial charge is 0.476 e. The summed E-state index contributed by atoms with van der Waals surface area (Å²) in [6.07, 6.45) is 1.45. The summed E-state index contributed by atoms with van der Waals surface area (Å²) in [7, 11) is 0. The molecule has 3 nitrogen and oxygen atoms in total. The normalized spacial score (nSPS) is 10.5. The Morgan fingerprint density at radius 2 is 2.07 bits per heavy atom. The zero-order valence-electron chi connectivity index (χ0n) is 7.37. The summed E-state index contributed by atoms with van der Waals surface area (Å²) in [5.41, 5.74) is 0.0323. The molecule has 0 radical (unpaired) electrons. The summed E-state index contributed by atoms with van der Waals surface area (Å²) in [5, 5.41) is 10.8. The number of carboxylic acid groups (broad SMARTS) is 1. The first-order valence-electron chi connectivity index (χ1n) is 4.07. The minimum Gasteiger partial charge on any atom is -0.476 e. The predicted octanol–water partition coefficient (Wildman–Crippen LogP) is 3.35. The highest BCUT2D eigenvalue weighted by Crippen LogP contribution is 2.31. The molecule has 2 aromatic rings. The Labute approximate surface area is 98.8 Å². The van der Waals surface area contributed by atoms with E-state index < -0.39 is 5.97 Å². The van der Waals surface area contributed by atoms with Gasteiger partial charge in [-0.2, -0.15) is 0 Å². The van der Waals surface area contributed by atoms with Gasteiger partial charge in [-0.25, -0.2) is 9.78 Å². The summed E-state index contributed by atoms with van der Waals surface area (Å²) in [5.74, 6) is -1.05. The fraction of sp³-hybridized carbons (Fsp3) is 0. The maximum atomic E-state index is 10.9. The molecular formula is C10H5BrClNO2. The number of carboxylic acids is 1. The first-order valence-corrected chi connectivity index (χ1v) is 5.24. The number of hydrogen-bond donors (Lipinski definition) is 1. The van der Waals surface area contributed by atoms with Crippen LogP contribution in [0.15, 0.2) is 28.9 Å². The molecule has 1 aromatic heterocycles. The van der Waals surface area contributed by atoms with E-state index in [2.05, 4.69) is 20.9 Å². The molecule has 0 aliphatic heterocycles. The third kappa shape index (κ3) is 1.70. The Bertz CT molecular complexity index is 556. The lowest BCUT2D eigenvalue weighted by Crippen LogP contribution is -2.00. The van der Waals surface area contributed by atoms with Crippen molar-refractivity contribution in [2.45, 2.75) is 0 Å². The molecule has 0 aliphatic rings. The third-order valence-corrected chi connectivity index (χ3v) is 3.43. The van der Waals surface area contributed by atoms with Crippen LogP contribution in [0.3, 0.4) is 0 Å². The van der Waals surface area contributed by atoms with Gasteiger partial charge in [0.15, 0.2) is 5.69 Å². The van der Waals surface area contributed by atoms with Crippen LogP contribution in [-0.4, -0.2) is 16.1 Å². The molecule has 1 heterocycles. The Balaban J connectivity index is 2.89. The quantitative estimate of drug-likeness (QED) is 0.874. The van der Waals surface area contributed by atoms with E-state index >= 15 is 0 Å². The molecule has 0 bridgehead atoms. The van der Waals surface area contributed by atoms with Crippen LogP contribution >= 0.6 is 27.5 Å². The van der Waals surface area contributed by atoms with Gasteiger partial charge in [-0.3, -0.25) is 0 Å². The fourth-order valence-corrected chi connectivity index (χ4v) is 2.00. The first kappa shape index (κ1) is 10.4. The van der Waals surface area contributed by atoms with Gasteiger partial charge >= 0.3 is 5.97 Å². The Kier molecular flexibility index (Phi) is 2.63. The molecular weight excluding hydrogens is 281 g/mol. The number of aromatic carboxylic acids is 1. The van der Waals surface area contributed by atoms with Crippen molar-refractivity contribution in [3.63, 3.8) is 0 Å². The van der Waals surface area contributed by atoms with Gasteiger partial charge in [0.2, 0.25) is 0 Å². The van der Waals surface area contributed by atoms with Crippen LogP contribution in [0.1, 0.15) is 10.5 Å². The van der Waals surface area contributed by atoms with E-state index in [1.807, 2.05) is 0 Å². The molecule has 0 atom stereocenters. The zero-order chi connectivity index (χ0) is 11.0. The molecule has 0 saturated carbocycles. The molecule has 76 valence electrons. The molecule has 0 fully saturated rings. The van der Waals surface area contributed by atoms with Gasteiger partial charge in [0, 0.05) is 21.4 Å². The van der Waals surface area contributed by atoms with Crippen molar-refractivity contribution in [2.24, 2.45) is 0 Å². The summed E-state index contributed by atoms with van der Waals surface area (Å²) in [6.45, 7) is 0. The minimum atomic E-state index is -1.05. The van der Waals surface area contributed by atoms with Crippen LogP contribution in [0.5, 0.6) is 0 Å². The van der Waals surface area contributed by atoms with Gasteiger partial charge in [-0.05, 0) is 28.1 Å². The van der Waals surface area contributed by atoms with E-state index in [0.29, 0.717) is 14.9 Å². The van der Waals surface area contributed by atoms with Gasteiger partial charge in [0.05, 0.1) is 5.02 Å². The number of benzene rings is 1. The molecule has 1 aromatic carbocycles. The summed E-state index contributed by atoms with van der Waals surface area (Å²) < 4.78 is 0.687. The average Bonchev–Trinajstić information content (AvgIpc) is 2.23. The van der Waals surface area contributed by atoms with Crippen LogP contribution in [0, 0.1) is 0 Å². The number of rotatable bonds is 1. The van der Waals surface area contributed by atoms with E-state index in [9.17, 15) is 4.79 Å². The highest BCUT2D eigenvalue weighted by molar-refractivity contribution is 9.10. The van der Waals surface area contributed by atoms with E-state index in [1.165, 1.54) is 6.20 Å². The maximum Gasteiger partial charge on any atom is 0.355 e. The number of halogens is 2. The highest BCUT2D eigenvalue weighted by atomic mass is 79.9. The van der Waals surface area contributed by atoms with Gasteiger partial charge in [0.1, 0.15) is 0 Å². The molecule has 0 aliphatic carbocycles. The van der Waals surface area contributed by atoms with E-state index in [1.54, 1.807) is 18.2 Å². The van der Waals surface area contributed by atoms with Crippen molar-refractivity contribution in [1.29, 1.82) is 0 Å². The second-order valence-electron chi connectivity index (χ2n) is 2.92. The second kappa shape index (κ2) is 3.79. The monoisotopic (exact) mass is 285 g/mol. The van der Waals surface area contributed by atoms with Crippen LogP contribution in [0.2, 0.25) is 5.02 Å². The molecule has 1 N–H and O–H groups in total. The fourth-order valence-electron chi connectivity index (χ4n) is 1.36. The zero-order valence-corrected chi connectivity index (χ0v) is 9.71. The SMILES string of the molecule is O=C(O)c1nccc2c(Br)c(Cl)ccc12. The number of hydrogen-bond acceptors (Lipinski definition) is 2. The Morgan fingerprint density at radius 1 is 1.33 bits per heavy atom. The van der Waals surface area contributed by atoms with Gasteiger partial charge in [-0.15, -0.1) is 0 Å². The van der Waals surface area contributed by atoms with Crippen molar-refractivity contribution in [2.75, 3.05) is 0 Å². The number of nitrogens with zero attached hydrogens (tertiary/aromatic N) is 1. The molecule has 0 amide bonds. The van der Waals surface area contributed by atoms with Gasteiger partial charge < -0.3 is 5.11 Å². The lowest BCUT2D eigenvalue weighted by molar-refractivity contribution is 0.0693. The summed E-state index contributed by atoms with van der Waals surface area (Å²) in [6, 6.07) is 5.01. The Hall–Kier alpha value is -1.13. The highest BCUT2D eigenvalue weighted by Gasteiger charge is 2.12. The van der Waals surface area contributed by atoms with Crippen LogP contribution in [0.4, 0.5) is 0 Å². The summed E-state index contributed by atoms with van der Waals surface area (Å²) in [4.78, 5) is 14.7. The van der Waals surface area contributed by atoms with Crippen molar-refractivity contribution < 1.29 is 9.90 Å². The van der Waals surface area contributed by atoms with Crippen LogP contribution in [0.25, 0.3) is 10.8 Å². The topological polar surface area (TPSA) is 50.2 Å². The van der Waals surface area contributed by atoms with E-state index in [-0.39, 0.29) is 5.69 Å². The number of carbonyl (C=O) groups is 1. The molecule has 0 spiro atoms. The van der Waals surface area contributed by atoms with Crippen molar-refractivity contribution >= 4 is 44.3 Å². The Morgan fingerprint density at radius 3 is 2.73 bits per heavy atom. The minimum absolute atomic E-state index is 0.0323. The number of pyridine rings is 1. The molecule has 5 heteroatoms. The molecule has 15 heavy (non-hydrogen) atoms. The van der Waals surface area contributed by atoms with Gasteiger partial charge in [0.25, 0.3) is 0 Å². The van der Waals surface area contributed by atoms with Crippen LogP contribution in [-0.2, 0) is 0 Å².